The lowest BCUT2D eigenvalue weighted by molar-refractivity contribution is 0.577. The highest BCUT2D eigenvalue weighted by Gasteiger charge is 1.91. The Hall–Kier alpha value is -0.260. The first-order valence-electron chi connectivity index (χ1n) is 7.46. The zero-order valence-electron chi connectivity index (χ0n) is 11.9. The molecule has 0 N–H and O–H groups in total. The minimum Gasteiger partial charge on any atom is -0.0856 e. The van der Waals surface area contributed by atoms with Crippen molar-refractivity contribution in [2.45, 2.75) is 91.4 Å². The Balaban J connectivity index is 3.12. The third kappa shape index (κ3) is 11.8. The highest BCUT2D eigenvalue weighted by Crippen LogP contribution is 2.11. The quantitative estimate of drug-likeness (QED) is 0.287. The SMILES string of the molecule is CCCCCCCCCC/C=C(\C)CCC. The van der Waals surface area contributed by atoms with Crippen LogP contribution in [0.5, 0.6) is 0 Å². The Morgan fingerprint density at radius 3 is 1.88 bits per heavy atom. The molecular formula is C16H32. The maximum Gasteiger partial charge on any atom is -0.0326 e. The Labute approximate surface area is 104 Å². The Kier molecular flexibility index (Phi) is 12.6. The second kappa shape index (κ2) is 12.8. The van der Waals surface area contributed by atoms with Crippen molar-refractivity contribution in [3.63, 3.8) is 0 Å². The highest BCUT2D eigenvalue weighted by molar-refractivity contribution is 4.97. The number of unbranched alkanes of at least 4 members (excludes halogenated alkanes) is 8. The molecule has 0 amide bonds. The van der Waals surface area contributed by atoms with E-state index < -0.39 is 0 Å². The van der Waals surface area contributed by atoms with Crippen molar-refractivity contribution < 1.29 is 0 Å². The van der Waals surface area contributed by atoms with Gasteiger partial charge in [-0.25, -0.2) is 0 Å². The molecule has 16 heavy (non-hydrogen) atoms. The molecule has 0 aliphatic carbocycles. The average Bonchev–Trinajstić information content (AvgIpc) is 2.27. The molecule has 0 nitrogen and oxygen atoms in total. The summed E-state index contributed by atoms with van der Waals surface area (Å²) in [4.78, 5) is 0. The molecule has 0 aromatic carbocycles. The van der Waals surface area contributed by atoms with Crippen molar-refractivity contribution in [1.29, 1.82) is 0 Å². The molecule has 0 aromatic heterocycles. The molecule has 0 fully saturated rings. The third-order valence-corrected chi connectivity index (χ3v) is 3.19. The van der Waals surface area contributed by atoms with E-state index in [1.54, 1.807) is 5.57 Å². The molecule has 0 heteroatoms. The summed E-state index contributed by atoms with van der Waals surface area (Å²) in [7, 11) is 0. The zero-order valence-corrected chi connectivity index (χ0v) is 11.9. The summed E-state index contributed by atoms with van der Waals surface area (Å²) < 4.78 is 0. The lowest BCUT2D eigenvalue weighted by Gasteiger charge is -2.01. The van der Waals surface area contributed by atoms with Crippen LogP contribution in [0.15, 0.2) is 11.6 Å². The van der Waals surface area contributed by atoms with E-state index in [-0.39, 0.29) is 0 Å². The van der Waals surface area contributed by atoms with E-state index in [0.29, 0.717) is 0 Å². The predicted molar refractivity (Wildman–Crippen MR) is 75.9 cm³/mol. The van der Waals surface area contributed by atoms with Crippen molar-refractivity contribution in [3.05, 3.63) is 11.6 Å². The van der Waals surface area contributed by atoms with Crippen LogP contribution in [0.25, 0.3) is 0 Å². The number of hydrogen-bond acceptors (Lipinski definition) is 0. The van der Waals surface area contributed by atoms with E-state index in [2.05, 4.69) is 26.8 Å². The average molecular weight is 224 g/mol. The minimum absolute atomic E-state index is 1.29. The monoisotopic (exact) mass is 224 g/mol. The first-order chi connectivity index (χ1) is 7.81. The van der Waals surface area contributed by atoms with Gasteiger partial charge in [-0.05, 0) is 26.2 Å². The van der Waals surface area contributed by atoms with Crippen LogP contribution in [0.4, 0.5) is 0 Å². The maximum absolute atomic E-state index is 2.45. The highest BCUT2D eigenvalue weighted by atomic mass is 14.0. The molecule has 0 spiro atoms. The van der Waals surface area contributed by atoms with E-state index in [1.165, 1.54) is 70.6 Å². The van der Waals surface area contributed by atoms with E-state index in [9.17, 15) is 0 Å². The van der Waals surface area contributed by atoms with Crippen LogP contribution >= 0.6 is 0 Å². The molecule has 0 unspecified atom stereocenters. The van der Waals surface area contributed by atoms with Gasteiger partial charge in [0.1, 0.15) is 0 Å². The van der Waals surface area contributed by atoms with Gasteiger partial charge < -0.3 is 0 Å². The van der Waals surface area contributed by atoms with E-state index in [1.807, 2.05) is 0 Å². The van der Waals surface area contributed by atoms with Crippen LogP contribution in [0.3, 0.4) is 0 Å². The van der Waals surface area contributed by atoms with Gasteiger partial charge in [-0.3, -0.25) is 0 Å². The summed E-state index contributed by atoms with van der Waals surface area (Å²) >= 11 is 0. The number of rotatable bonds is 11. The van der Waals surface area contributed by atoms with Gasteiger partial charge in [-0.1, -0.05) is 76.9 Å². The fourth-order valence-electron chi connectivity index (χ4n) is 2.12. The predicted octanol–water partition coefficient (Wildman–Crippen LogP) is 6.26. The fourth-order valence-corrected chi connectivity index (χ4v) is 2.12. The number of hydrogen-bond donors (Lipinski definition) is 0. The second-order valence-electron chi connectivity index (χ2n) is 5.06. The molecule has 0 aliphatic rings. The minimum atomic E-state index is 1.29. The standard InChI is InChI=1S/C16H32/c1-4-6-7-8-9-10-11-12-13-15-16(3)14-5-2/h15H,4-14H2,1-3H3/b16-15+. The molecular weight excluding hydrogens is 192 g/mol. The van der Waals surface area contributed by atoms with E-state index >= 15 is 0 Å². The van der Waals surface area contributed by atoms with E-state index in [0.717, 1.165) is 0 Å². The molecule has 0 aromatic rings. The normalized spacial score (nSPS) is 12.1. The number of allylic oxidation sites excluding steroid dienone is 2. The lowest BCUT2D eigenvalue weighted by atomic mass is 10.1. The van der Waals surface area contributed by atoms with Gasteiger partial charge in [0.2, 0.25) is 0 Å². The van der Waals surface area contributed by atoms with Crippen LogP contribution in [0.2, 0.25) is 0 Å². The first kappa shape index (κ1) is 15.7. The van der Waals surface area contributed by atoms with Gasteiger partial charge in [0.25, 0.3) is 0 Å². The van der Waals surface area contributed by atoms with Crippen LogP contribution in [-0.2, 0) is 0 Å². The fraction of sp³-hybridized carbons (Fsp3) is 0.875. The van der Waals surface area contributed by atoms with Gasteiger partial charge >= 0.3 is 0 Å². The summed E-state index contributed by atoms with van der Waals surface area (Å²) in [6.07, 6.45) is 17.8. The van der Waals surface area contributed by atoms with Gasteiger partial charge in [-0.15, -0.1) is 0 Å². The second-order valence-corrected chi connectivity index (χ2v) is 5.06. The molecule has 0 heterocycles. The van der Waals surface area contributed by atoms with Crippen molar-refractivity contribution in [2.75, 3.05) is 0 Å². The summed E-state index contributed by atoms with van der Waals surface area (Å²) in [5.41, 5.74) is 1.59. The van der Waals surface area contributed by atoms with Crippen molar-refractivity contribution in [2.24, 2.45) is 0 Å². The van der Waals surface area contributed by atoms with Crippen LogP contribution < -0.4 is 0 Å². The molecule has 0 saturated heterocycles. The maximum atomic E-state index is 2.45. The smallest absolute Gasteiger partial charge is 0.0326 e. The van der Waals surface area contributed by atoms with Crippen LogP contribution in [-0.4, -0.2) is 0 Å². The summed E-state index contributed by atoms with van der Waals surface area (Å²) in [5, 5.41) is 0. The lowest BCUT2D eigenvalue weighted by Crippen LogP contribution is -1.81. The van der Waals surface area contributed by atoms with Crippen LogP contribution in [0, 0.1) is 0 Å². The summed E-state index contributed by atoms with van der Waals surface area (Å²) in [6, 6.07) is 0. The Morgan fingerprint density at radius 1 is 0.750 bits per heavy atom. The zero-order chi connectivity index (χ0) is 12.1. The first-order valence-corrected chi connectivity index (χ1v) is 7.46. The topological polar surface area (TPSA) is 0 Å². The molecule has 96 valence electrons. The van der Waals surface area contributed by atoms with Gasteiger partial charge in [-0.2, -0.15) is 0 Å². The molecule has 0 bridgehead atoms. The molecule has 0 rings (SSSR count). The van der Waals surface area contributed by atoms with Gasteiger partial charge in [0.05, 0.1) is 0 Å². The van der Waals surface area contributed by atoms with Crippen molar-refractivity contribution in [3.8, 4) is 0 Å². The van der Waals surface area contributed by atoms with Crippen molar-refractivity contribution in [1.82, 2.24) is 0 Å². The summed E-state index contributed by atoms with van der Waals surface area (Å²) in [6.45, 7) is 6.81. The largest absolute Gasteiger partial charge is 0.0856 e. The third-order valence-electron chi connectivity index (χ3n) is 3.19. The molecule has 0 radical (unpaired) electrons. The van der Waals surface area contributed by atoms with Gasteiger partial charge in [0.15, 0.2) is 0 Å². The van der Waals surface area contributed by atoms with E-state index in [4.69, 9.17) is 0 Å². The molecule has 0 atom stereocenters. The van der Waals surface area contributed by atoms with Crippen LogP contribution in [0.1, 0.15) is 91.4 Å². The molecule has 0 aliphatic heterocycles. The van der Waals surface area contributed by atoms with Gasteiger partial charge in [0, 0.05) is 0 Å². The molecule has 0 saturated carbocycles. The van der Waals surface area contributed by atoms with Crippen molar-refractivity contribution >= 4 is 0 Å². The Morgan fingerprint density at radius 2 is 1.31 bits per heavy atom. The Bertz CT molecular complexity index is 155. The summed E-state index contributed by atoms with van der Waals surface area (Å²) in [5.74, 6) is 0.